The minimum atomic E-state index is 0. The Morgan fingerprint density at radius 2 is 1.88 bits per heavy atom. The fourth-order valence-corrected chi connectivity index (χ4v) is 4.30. The number of benzene rings is 2. The van der Waals surface area contributed by atoms with Crippen molar-refractivity contribution < 1.29 is 9.47 Å². The molecule has 2 aromatic carbocycles. The monoisotopic (exact) mass is 343 g/mol. The Labute approximate surface area is 148 Å². The summed E-state index contributed by atoms with van der Waals surface area (Å²) in [6.45, 7) is 2.19. The molecule has 1 fully saturated rings. The van der Waals surface area contributed by atoms with Crippen molar-refractivity contribution in [2.24, 2.45) is 0 Å². The minimum Gasteiger partial charge on any atom is -0.486 e. The van der Waals surface area contributed by atoms with Gasteiger partial charge in [0.1, 0.15) is 13.2 Å². The number of halogens is 1. The van der Waals surface area contributed by atoms with Crippen LogP contribution in [0.15, 0.2) is 42.5 Å². The number of fused-ring (bicyclic) bond motifs is 3. The Kier molecular flexibility index (Phi) is 3.93. The number of rotatable bonds is 3. The van der Waals surface area contributed by atoms with E-state index >= 15 is 0 Å². The van der Waals surface area contributed by atoms with E-state index in [0.717, 1.165) is 18.0 Å². The lowest BCUT2D eigenvalue weighted by atomic mass is 9.97. The second-order valence-corrected chi connectivity index (χ2v) is 6.93. The summed E-state index contributed by atoms with van der Waals surface area (Å²) in [5.74, 6) is 1.75. The standard InChI is InChI=1S/C20H21NO2.ClH/c1-2-4-16-15(3-1)7-8-20(16)12-19(20)21-13-14-5-6-17-18(11-14)23-10-9-22-17;/h1-6,11,19,21H,7-10,12-13H2;1H. The van der Waals surface area contributed by atoms with Gasteiger partial charge >= 0.3 is 0 Å². The molecule has 0 bridgehead atoms. The number of hydrogen-bond donors (Lipinski definition) is 1. The SMILES string of the molecule is Cl.c1ccc2c(c1)CCC21CC1NCc1ccc2c(c1)OCCO2. The number of aryl methyl sites for hydroxylation is 1. The van der Waals surface area contributed by atoms with Gasteiger partial charge in [-0.25, -0.2) is 0 Å². The highest BCUT2D eigenvalue weighted by Crippen LogP contribution is 2.56. The molecule has 0 aromatic heterocycles. The van der Waals surface area contributed by atoms with Crippen LogP contribution in [-0.4, -0.2) is 19.3 Å². The van der Waals surface area contributed by atoms with Crippen LogP contribution in [0.25, 0.3) is 0 Å². The van der Waals surface area contributed by atoms with Gasteiger partial charge in [-0.1, -0.05) is 30.3 Å². The maximum absolute atomic E-state index is 5.67. The third-order valence-corrected chi connectivity index (χ3v) is 5.63. The molecule has 1 saturated carbocycles. The van der Waals surface area contributed by atoms with Crippen molar-refractivity contribution >= 4 is 12.4 Å². The summed E-state index contributed by atoms with van der Waals surface area (Å²) in [5, 5.41) is 3.76. The van der Waals surface area contributed by atoms with Crippen molar-refractivity contribution in [3.8, 4) is 11.5 Å². The van der Waals surface area contributed by atoms with Crippen molar-refractivity contribution in [3.05, 3.63) is 59.2 Å². The molecule has 2 aromatic rings. The van der Waals surface area contributed by atoms with Gasteiger partial charge in [0, 0.05) is 18.0 Å². The Morgan fingerprint density at radius 3 is 2.79 bits per heavy atom. The molecular formula is C20H22ClNO2. The van der Waals surface area contributed by atoms with E-state index in [9.17, 15) is 0 Å². The molecule has 126 valence electrons. The number of hydrogen-bond acceptors (Lipinski definition) is 3. The molecule has 0 amide bonds. The molecule has 2 aliphatic carbocycles. The quantitative estimate of drug-likeness (QED) is 0.923. The molecule has 1 N–H and O–H groups in total. The minimum absolute atomic E-state index is 0. The lowest BCUT2D eigenvalue weighted by Crippen LogP contribution is -2.24. The van der Waals surface area contributed by atoms with E-state index in [1.807, 2.05) is 6.07 Å². The smallest absolute Gasteiger partial charge is 0.161 e. The van der Waals surface area contributed by atoms with Gasteiger partial charge in [-0.2, -0.15) is 0 Å². The molecule has 1 heterocycles. The molecule has 3 aliphatic rings. The fraction of sp³-hybridized carbons (Fsp3) is 0.400. The van der Waals surface area contributed by atoms with Gasteiger partial charge in [0.15, 0.2) is 11.5 Å². The maximum Gasteiger partial charge on any atom is 0.161 e. The Morgan fingerprint density at radius 1 is 1.04 bits per heavy atom. The Balaban J connectivity index is 0.00000146. The first-order valence-electron chi connectivity index (χ1n) is 8.55. The zero-order chi connectivity index (χ0) is 15.3. The van der Waals surface area contributed by atoms with Crippen LogP contribution >= 0.6 is 12.4 Å². The first kappa shape index (κ1) is 15.8. The molecule has 3 nitrogen and oxygen atoms in total. The van der Waals surface area contributed by atoms with Crippen LogP contribution in [0.2, 0.25) is 0 Å². The van der Waals surface area contributed by atoms with Gasteiger partial charge in [-0.05, 0) is 48.1 Å². The van der Waals surface area contributed by atoms with E-state index < -0.39 is 0 Å². The van der Waals surface area contributed by atoms with E-state index in [4.69, 9.17) is 9.47 Å². The molecule has 1 aliphatic heterocycles. The number of ether oxygens (including phenoxy) is 2. The second-order valence-electron chi connectivity index (χ2n) is 6.93. The predicted octanol–water partition coefficient (Wildman–Crippen LogP) is 3.63. The summed E-state index contributed by atoms with van der Waals surface area (Å²) in [7, 11) is 0. The Hall–Kier alpha value is -1.71. The van der Waals surface area contributed by atoms with Gasteiger partial charge in [-0.15, -0.1) is 12.4 Å². The summed E-state index contributed by atoms with van der Waals surface area (Å²) >= 11 is 0. The van der Waals surface area contributed by atoms with E-state index in [-0.39, 0.29) is 12.4 Å². The van der Waals surface area contributed by atoms with Crippen LogP contribution in [0, 0.1) is 0 Å². The zero-order valence-corrected chi connectivity index (χ0v) is 14.4. The Bertz CT molecular complexity index is 763. The van der Waals surface area contributed by atoms with Crippen LogP contribution < -0.4 is 14.8 Å². The van der Waals surface area contributed by atoms with Gasteiger partial charge < -0.3 is 14.8 Å². The summed E-state index contributed by atoms with van der Waals surface area (Å²) in [6, 6.07) is 15.9. The largest absolute Gasteiger partial charge is 0.486 e. The molecule has 24 heavy (non-hydrogen) atoms. The van der Waals surface area contributed by atoms with E-state index in [1.165, 1.54) is 24.8 Å². The molecule has 2 unspecified atom stereocenters. The molecule has 0 radical (unpaired) electrons. The highest BCUT2D eigenvalue weighted by Gasteiger charge is 2.57. The third-order valence-electron chi connectivity index (χ3n) is 5.63. The maximum atomic E-state index is 5.67. The average molecular weight is 344 g/mol. The summed E-state index contributed by atoms with van der Waals surface area (Å²) in [5.41, 5.74) is 4.81. The van der Waals surface area contributed by atoms with E-state index in [2.05, 4.69) is 41.7 Å². The molecular weight excluding hydrogens is 322 g/mol. The summed E-state index contributed by atoms with van der Waals surface area (Å²) < 4.78 is 11.3. The lowest BCUT2D eigenvalue weighted by Gasteiger charge is -2.19. The van der Waals surface area contributed by atoms with Gasteiger partial charge in [0.2, 0.25) is 0 Å². The lowest BCUT2D eigenvalue weighted by molar-refractivity contribution is 0.171. The topological polar surface area (TPSA) is 30.5 Å². The van der Waals surface area contributed by atoms with Crippen LogP contribution in [0.3, 0.4) is 0 Å². The normalized spacial score (nSPS) is 25.9. The van der Waals surface area contributed by atoms with Crippen LogP contribution in [0.4, 0.5) is 0 Å². The molecule has 2 atom stereocenters. The van der Waals surface area contributed by atoms with Crippen molar-refractivity contribution in [2.45, 2.75) is 37.3 Å². The number of nitrogens with one attached hydrogen (secondary N) is 1. The highest BCUT2D eigenvalue weighted by atomic mass is 35.5. The first-order chi connectivity index (χ1) is 11.4. The van der Waals surface area contributed by atoms with Crippen molar-refractivity contribution in [2.75, 3.05) is 13.2 Å². The van der Waals surface area contributed by atoms with Gasteiger partial charge in [0.25, 0.3) is 0 Å². The van der Waals surface area contributed by atoms with Gasteiger partial charge in [0.05, 0.1) is 0 Å². The van der Waals surface area contributed by atoms with Crippen molar-refractivity contribution in [3.63, 3.8) is 0 Å². The fourth-order valence-electron chi connectivity index (χ4n) is 4.30. The molecule has 0 saturated heterocycles. The predicted molar refractivity (Wildman–Crippen MR) is 96.4 cm³/mol. The van der Waals surface area contributed by atoms with Gasteiger partial charge in [-0.3, -0.25) is 0 Å². The molecule has 4 heteroatoms. The molecule has 1 spiro atoms. The summed E-state index contributed by atoms with van der Waals surface area (Å²) in [4.78, 5) is 0. The highest BCUT2D eigenvalue weighted by molar-refractivity contribution is 5.85. The van der Waals surface area contributed by atoms with Crippen LogP contribution in [-0.2, 0) is 18.4 Å². The first-order valence-corrected chi connectivity index (χ1v) is 8.55. The third kappa shape index (κ3) is 2.47. The van der Waals surface area contributed by atoms with E-state index in [0.29, 0.717) is 24.7 Å². The second kappa shape index (κ2) is 5.98. The van der Waals surface area contributed by atoms with Crippen LogP contribution in [0.1, 0.15) is 29.5 Å². The zero-order valence-electron chi connectivity index (χ0n) is 13.6. The average Bonchev–Trinajstić information content (AvgIpc) is 3.19. The van der Waals surface area contributed by atoms with Crippen molar-refractivity contribution in [1.82, 2.24) is 5.32 Å². The van der Waals surface area contributed by atoms with E-state index in [1.54, 1.807) is 11.1 Å². The summed E-state index contributed by atoms with van der Waals surface area (Å²) in [6.07, 6.45) is 3.80. The molecule has 5 rings (SSSR count). The van der Waals surface area contributed by atoms with Crippen molar-refractivity contribution in [1.29, 1.82) is 0 Å². The van der Waals surface area contributed by atoms with Crippen LogP contribution in [0.5, 0.6) is 11.5 Å².